The van der Waals surface area contributed by atoms with Crippen molar-refractivity contribution < 1.29 is 8.78 Å². The van der Waals surface area contributed by atoms with Gasteiger partial charge >= 0.3 is 0 Å². The number of aromatic nitrogens is 2. The first kappa shape index (κ1) is 12.6. The second-order valence-electron chi connectivity index (χ2n) is 3.84. The van der Waals surface area contributed by atoms with Crippen molar-refractivity contribution in [3.05, 3.63) is 59.7 Å². The summed E-state index contributed by atoms with van der Waals surface area (Å²) in [6.45, 7) is 2.63. The van der Waals surface area contributed by atoms with Crippen molar-refractivity contribution in [1.82, 2.24) is 15.3 Å². The third kappa shape index (κ3) is 2.68. The molecule has 0 amide bonds. The highest BCUT2D eigenvalue weighted by atomic mass is 19.2. The molecule has 0 fully saturated rings. The molecule has 1 N–H and O–H groups in total. The summed E-state index contributed by atoms with van der Waals surface area (Å²) < 4.78 is 26.2. The summed E-state index contributed by atoms with van der Waals surface area (Å²) >= 11 is 0. The summed E-state index contributed by atoms with van der Waals surface area (Å²) in [4.78, 5) is 7.87. The number of hydrogen-bond donors (Lipinski definition) is 1. The van der Waals surface area contributed by atoms with Crippen LogP contribution in [0.1, 0.15) is 24.1 Å². The summed E-state index contributed by atoms with van der Waals surface area (Å²) in [6.07, 6.45) is 4.74. The SMILES string of the molecule is CCNC(c1cncnc1)c1ccc(F)c(F)c1. The molecule has 2 rings (SSSR count). The fraction of sp³-hybridized carbons (Fsp3) is 0.231. The van der Waals surface area contributed by atoms with Gasteiger partial charge in [-0.25, -0.2) is 18.7 Å². The van der Waals surface area contributed by atoms with Gasteiger partial charge in [0.05, 0.1) is 6.04 Å². The van der Waals surface area contributed by atoms with E-state index in [1.54, 1.807) is 18.5 Å². The lowest BCUT2D eigenvalue weighted by Crippen LogP contribution is -2.22. The molecule has 1 unspecified atom stereocenters. The highest BCUT2D eigenvalue weighted by molar-refractivity contribution is 5.29. The molecule has 5 heteroatoms. The Morgan fingerprint density at radius 1 is 1.11 bits per heavy atom. The second-order valence-corrected chi connectivity index (χ2v) is 3.84. The molecule has 0 saturated heterocycles. The van der Waals surface area contributed by atoms with E-state index in [1.807, 2.05) is 6.92 Å². The van der Waals surface area contributed by atoms with Crippen molar-refractivity contribution >= 4 is 0 Å². The van der Waals surface area contributed by atoms with Crippen molar-refractivity contribution in [2.24, 2.45) is 0 Å². The highest BCUT2D eigenvalue weighted by Gasteiger charge is 2.15. The van der Waals surface area contributed by atoms with Gasteiger partial charge in [0.15, 0.2) is 11.6 Å². The average Bonchev–Trinajstić information content (AvgIpc) is 2.40. The molecule has 0 aliphatic heterocycles. The number of halogens is 2. The van der Waals surface area contributed by atoms with Gasteiger partial charge in [0.1, 0.15) is 6.33 Å². The van der Waals surface area contributed by atoms with Crippen LogP contribution in [0.4, 0.5) is 8.78 Å². The van der Waals surface area contributed by atoms with E-state index in [0.717, 1.165) is 11.6 Å². The minimum Gasteiger partial charge on any atom is -0.306 e. The molecule has 0 saturated carbocycles. The number of hydrogen-bond acceptors (Lipinski definition) is 3. The molecule has 0 bridgehead atoms. The molecular formula is C13H13F2N3. The average molecular weight is 249 g/mol. The number of nitrogens with one attached hydrogen (secondary N) is 1. The van der Waals surface area contributed by atoms with Crippen LogP contribution < -0.4 is 5.32 Å². The molecule has 0 aliphatic rings. The van der Waals surface area contributed by atoms with Crippen LogP contribution in [-0.4, -0.2) is 16.5 Å². The van der Waals surface area contributed by atoms with Crippen LogP contribution in [-0.2, 0) is 0 Å². The van der Waals surface area contributed by atoms with E-state index in [4.69, 9.17) is 0 Å². The van der Waals surface area contributed by atoms with Gasteiger partial charge in [-0.15, -0.1) is 0 Å². The van der Waals surface area contributed by atoms with E-state index in [1.165, 1.54) is 12.4 Å². The Hall–Kier alpha value is -1.88. The van der Waals surface area contributed by atoms with Gasteiger partial charge in [0, 0.05) is 18.0 Å². The Balaban J connectivity index is 2.38. The Morgan fingerprint density at radius 3 is 2.44 bits per heavy atom. The van der Waals surface area contributed by atoms with Gasteiger partial charge in [-0.05, 0) is 24.2 Å². The van der Waals surface area contributed by atoms with Crippen molar-refractivity contribution in [2.45, 2.75) is 13.0 Å². The first-order chi connectivity index (χ1) is 8.72. The van der Waals surface area contributed by atoms with Gasteiger partial charge in [-0.2, -0.15) is 0 Å². The van der Waals surface area contributed by atoms with Crippen LogP contribution in [0.3, 0.4) is 0 Å². The van der Waals surface area contributed by atoms with Crippen LogP contribution >= 0.6 is 0 Å². The maximum atomic E-state index is 13.3. The largest absolute Gasteiger partial charge is 0.306 e. The van der Waals surface area contributed by atoms with Crippen molar-refractivity contribution in [3.8, 4) is 0 Å². The van der Waals surface area contributed by atoms with E-state index in [2.05, 4.69) is 15.3 Å². The summed E-state index contributed by atoms with van der Waals surface area (Å²) in [5, 5.41) is 3.19. The number of nitrogens with zero attached hydrogens (tertiary/aromatic N) is 2. The zero-order chi connectivity index (χ0) is 13.0. The smallest absolute Gasteiger partial charge is 0.159 e. The summed E-state index contributed by atoms with van der Waals surface area (Å²) in [5.74, 6) is -1.70. The van der Waals surface area contributed by atoms with E-state index in [9.17, 15) is 8.78 Å². The molecule has 0 aliphatic carbocycles. The molecule has 0 spiro atoms. The molecular weight excluding hydrogens is 236 g/mol. The van der Waals surface area contributed by atoms with Crippen LogP contribution in [0, 0.1) is 11.6 Å². The summed E-state index contributed by atoms with van der Waals surface area (Å²) in [6, 6.07) is 3.62. The Kier molecular flexibility index (Phi) is 3.94. The van der Waals surface area contributed by atoms with Crippen molar-refractivity contribution in [2.75, 3.05) is 6.54 Å². The standard InChI is InChI=1S/C13H13F2N3/c1-2-18-13(10-6-16-8-17-7-10)9-3-4-11(14)12(15)5-9/h3-8,13,18H,2H2,1H3. The molecule has 2 aromatic rings. The lowest BCUT2D eigenvalue weighted by molar-refractivity contribution is 0.503. The maximum Gasteiger partial charge on any atom is 0.159 e. The zero-order valence-corrected chi connectivity index (χ0v) is 9.90. The Labute approximate surface area is 104 Å². The monoisotopic (exact) mass is 249 g/mol. The lowest BCUT2D eigenvalue weighted by atomic mass is 10.0. The van der Waals surface area contributed by atoms with Gasteiger partial charge in [0.25, 0.3) is 0 Å². The van der Waals surface area contributed by atoms with Crippen LogP contribution in [0.5, 0.6) is 0 Å². The van der Waals surface area contributed by atoms with Gasteiger partial charge < -0.3 is 5.32 Å². The van der Waals surface area contributed by atoms with Gasteiger partial charge in [0.2, 0.25) is 0 Å². The maximum absolute atomic E-state index is 13.3. The van der Waals surface area contributed by atoms with Crippen molar-refractivity contribution in [3.63, 3.8) is 0 Å². The Morgan fingerprint density at radius 2 is 1.83 bits per heavy atom. The first-order valence-corrected chi connectivity index (χ1v) is 5.65. The zero-order valence-electron chi connectivity index (χ0n) is 9.90. The van der Waals surface area contributed by atoms with E-state index < -0.39 is 11.6 Å². The number of rotatable bonds is 4. The predicted molar refractivity (Wildman–Crippen MR) is 63.9 cm³/mol. The van der Waals surface area contributed by atoms with Crippen LogP contribution in [0.2, 0.25) is 0 Å². The van der Waals surface area contributed by atoms with Gasteiger partial charge in [-0.3, -0.25) is 0 Å². The van der Waals surface area contributed by atoms with E-state index >= 15 is 0 Å². The van der Waals surface area contributed by atoms with Gasteiger partial charge in [-0.1, -0.05) is 13.0 Å². The molecule has 18 heavy (non-hydrogen) atoms. The topological polar surface area (TPSA) is 37.8 Å². The minimum absolute atomic E-state index is 0.244. The lowest BCUT2D eigenvalue weighted by Gasteiger charge is -2.18. The summed E-state index contributed by atoms with van der Waals surface area (Å²) in [5.41, 5.74) is 1.45. The summed E-state index contributed by atoms with van der Waals surface area (Å²) in [7, 11) is 0. The second kappa shape index (κ2) is 5.64. The Bertz CT molecular complexity index is 517. The van der Waals surface area contributed by atoms with Crippen LogP contribution in [0.25, 0.3) is 0 Å². The third-order valence-corrected chi connectivity index (χ3v) is 2.60. The van der Waals surface area contributed by atoms with Crippen LogP contribution in [0.15, 0.2) is 36.9 Å². The fourth-order valence-electron chi connectivity index (χ4n) is 1.78. The quantitative estimate of drug-likeness (QED) is 0.904. The molecule has 3 nitrogen and oxygen atoms in total. The minimum atomic E-state index is -0.854. The predicted octanol–water partition coefficient (Wildman–Crippen LogP) is 2.45. The third-order valence-electron chi connectivity index (χ3n) is 2.60. The normalized spacial score (nSPS) is 12.4. The molecule has 94 valence electrons. The van der Waals surface area contributed by atoms with Crippen molar-refractivity contribution in [1.29, 1.82) is 0 Å². The first-order valence-electron chi connectivity index (χ1n) is 5.65. The highest BCUT2D eigenvalue weighted by Crippen LogP contribution is 2.22. The fourth-order valence-corrected chi connectivity index (χ4v) is 1.78. The molecule has 1 atom stereocenters. The van der Waals surface area contributed by atoms with E-state index in [0.29, 0.717) is 12.1 Å². The molecule has 1 aromatic carbocycles. The number of benzene rings is 1. The van der Waals surface area contributed by atoms with E-state index in [-0.39, 0.29) is 6.04 Å². The molecule has 1 heterocycles. The molecule has 1 aromatic heterocycles. The molecule has 0 radical (unpaired) electrons.